The third kappa shape index (κ3) is 2.96. The van der Waals surface area contributed by atoms with Gasteiger partial charge < -0.3 is 4.74 Å². The van der Waals surface area contributed by atoms with Crippen molar-refractivity contribution in [2.45, 2.75) is 31.9 Å². The van der Waals surface area contributed by atoms with Crippen molar-refractivity contribution < 1.29 is 9.53 Å². The molecule has 1 amide bonds. The fraction of sp³-hybridized carbons (Fsp3) is 0.333. The minimum Gasteiger partial charge on any atom is -0.485 e. The number of carbonyl (C=O) groups excluding carboxylic acids is 1. The molecule has 0 N–H and O–H groups in total. The molecule has 0 bridgehead atoms. The molecule has 4 nitrogen and oxygen atoms in total. The Morgan fingerprint density at radius 1 is 1.26 bits per heavy atom. The Labute approximate surface area is 165 Å². The second-order valence-corrected chi connectivity index (χ2v) is 8.19. The molecule has 0 saturated heterocycles. The van der Waals surface area contributed by atoms with E-state index >= 15 is 0 Å². The Morgan fingerprint density at radius 2 is 2.04 bits per heavy atom. The first-order valence-corrected chi connectivity index (χ1v) is 10.4. The van der Waals surface area contributed by atoms with Crippen LogP contribution in [0.4, 0.5) is 0 Å². The highest BCUT2D eigenvalue weighted by Crippen LogP contribution is 2.50. The van der Waals surface area contributed by atoms with Gasteiger partial charge in [-0.15, -0.1) is 0 Å². The molecule has 2 atom stereocenters. The van der Waals surface area contributed by atoms with Crippen molar-refractivity contribution in [3.8, 4) is 5.75 Å². The first-order valence-electron chi connectivity index (χ1n) is 9.46. The number of thioether (sulfide) groups is 1. The highest BCUT2D eigenvalue weighted by atomic mass is 32.2. The molecule has 2 aliphatic heterocycles. The molecule has 2 aromatic carbocycles. The topological polar surface area (TPSA) is 41.9 Å². The van der Waals surface area contributed by atoms with Crippen molar-refractivity contribution in [2.24, 2.45) is 4.99 Å². The van der Waals surface area contributed by atoms with E-state index < -0.39 is 5.54 Å². The Balaban J connectivity index is 1.87. The molecular weight excluding hydrogens is 355 g/mol. The van der Waals surface area contributed by atoms with Crippen LogP contribution in [0.15, 0.2) is 53.5 Å². The molecule has 0 aromatic heterocycles. The van der Waals surface area contributed by atoms with E-state index in [0.29, 0.717) is 13.0 Å². The zero-order valence-electron chi connectivity index (χ0n) is 15.9. The summed E-state index contributed by atoms with van der Waals surface area (Å²) in [5.74, 6) is 1.71. The summed E-state index contributed by atoms with van der Waals surface area (Å²) in [7, 11) is 2.04. The Kier molecular flexibility index (Phi) is 4.76. The molecule has 4 rings (SSSR count). The van der Waals surface area contributed by atoms with Crippen LogP contribution in [0.2, 0.25) is 0 Å². The van der Waals surface area contributed by atoms with Crippen molar-refractivity contribution in [1.82, 2.24) is 4.90 Å². The minimum absolute atomic E-state index is 0.0667. The molecule has 2 heterocycles. The van der Waals surface area contributed by atoms with Gasteiger partial charge in [0.2, 0.25) is 0 Å². The maximum atomic E-state index is 13.6. The Hall–Kier alpha value is -2.21. The van der Waals surface area contributed by atoms with E-state index in [9.17, 15) is 4.79 Å². The molecule has 2 aliphatic rings. The van der Waals surface area contributed by atoms with Gasteiger partial charge in [-0.1, -0.05) is 66.6 Å². The number of aliphatic imine (C=N–C) groups is 1. The summed E-state index contributed by atoms with van der Waals surface area (Å²) in [6, 6.07) is 16.2. The van der Waals surface area contributed by atoms with Gasteiger partial charge in [-0.25, -0.2) is 4.99 Å². The predicted octanol–water partition coefficient (Wildman–Crippen LogP) is 2.64. The third-order valence-electron chi connectivity index (χ3n) is 5.21. The van der Waals surface area contributed by atoms with E-state index in [-0.39, 0.29) is 12.0 Å². The quantitative estimate of drug-likeness (QED) is 0.772. The van der Waals surface area contributed by atoms with Crippen LogP contribution in [0.5, 0.6) is 5.75 Å². The second-order valence-electron chi connectivity index (χ2n) is 6.96. The summed E-state index contributed by atoms with van der Waals surface area (Å²) in [5, 5.41) is 0.825. The summed E-state index contributed by atoms with van der Waals surface area (Å²) in [5.41, 5.74) is 2.18. The lowest BCUT2D eigenvalue weighted by Crippen LogP contribution is -2.44. The van der Waals surface area contributed by atoms with Gasteiger partial charge in [0.05, 0.1) is 0 Å². The number of fused-ring (bicyclic) bond motifs is 2. The van der Waals surface area contributed by atoms with Crippen LogP contribution in [-0.2, 0) is 10.3 Å². The maximum absolute atomic E-state index is 13.6. The maximum Gasteiger partial charge on any atom is 0.261 e. The molecule has 138 valence electrons. The number of carbonyl (C=O) groups is 1. The number of hydrogen-bond acceptors (Lipinski definition) is 4. The van der Waals surface area contributed by atoms with Crippen molar-refractivity contribution >= 4 is 36.1 Å². The molecule has 6 heteroatoms. The van der Waals surface area contributed by atoms with Gasteiger partial charge in [0, 0.05) is 18.5 Å². The lowest BCUT2D eigenvalue weighted by atomic mass is 9.78. The van der Waals surface area contributed by atoms with Crippen LogP contribution in [0.25, 0.3) is 0 Å². The molecule has 1 spiro atoms. The fourth-order valence-corrected chi connectivity index (χ4v) is 4.75. The van der Waals surface area contributed by atoms with Crippen LogP contribution in [0.1, 0.15) is 37.5 Å². The van der Waals surface area contributed by atoms with E-state index in [1.54, 1.807) is 11.8 Å². The number of hydrogen-bond donors (Lipinski definition) is 0. The van der Waals surface area contributed by atoms with E-state index in [1.807, 2.05) is 50.0 Å². The van der Waals surface area contributed by atoms with E-state index in [4.69, 9.17) is 9.73 Å². The average Bonchev–Trinajstić information content (AvgIpc) is 2.94. The summed E-state index contributed by atoms with van der Waals surface area (Å²) in [4.78, 5) is 20.5. The molecule has 27 heavy (non-hydrogen) atoms. The summed E-state index contributed by atoms with van der Waals surface area (Å²) < 4.78 is 6.33. The summed E-state index contributed by atoms with van der Waals surface area (Å²) in [6.45, 7) is 4.73. The van der Waals surface area contributed by atoms with Gasteiger partial charge in [-0.3, -0.25) is 9.69 Å². The van der Waals surface area contributed by atoms with Crippen LogP contribution in [0, 0.1) is 0 Å². The van der Waals surface area contributed by atoms with Crippen molar-refractivity contribution in [3.05, 3.63) is 59.7 Å². The largest absolute Gasteiger partial charge is 0.485 e. The number of amides is 1. The van der Waals surface area contributed by atoms with Gasteiger partial charge in [-0.2, -0.15) is 0 Å². The zero-order valence-corrected chi connectivity index (χ0v) is 16.8. The lowest BCUT2D eigenvalue weighted by Gasteiger charge is -2.37. The molecule has 0 fully saturated rings. The smallest absolute Gasteiger partial charge is 0.261 e. The van der Waals surface area contributed by atoms with Crippen LogP contribution in [-0.4, -0.2) is 36.1 Å². The van der Waals surface area contributed by atoms with Crippen LogP contribution >= 0.6 is 11.8 Å². The molecule has 0 saturated carbocycles. The average molecular weight is 378 g/mol. The Bertz CT molecular complexity index is 902. The van der Waals surface area contributed by atoms with Crippen molar-refractivity contribution in [2.75, 3.05) is 12.3 Å². The van der Waals surface area contributed by atoms with Crippen LogP contribution in [0.3, 0.4) is 0 Å². The first-order chi connectivity index (χ1) is 13.1. The van der Waals surface area contributed by atoms with Crippen molar-refractivity contribution in [1.29, 1.82) is 0 Å². The monoisotopic (exact) mass is 378 g/mol. The van der Waals surface area contributed by atoms with E-state index in [2.05, 4.69) is 25.1 Å². The predicted molar refractivity (Wildman–Crippen MR) is 114 cm³/mol. The number of benzene rings is 2. The van der Waals surface area contributed by atoms with Crippen LogP contribution < -0.4 is 10.2 Å². The second kappa shape index (κ2) is 7.08. The summed E-state index contributed by atoms with van der Waals surface area (Å²) >= 11 is 1.63. The number of ether oxygens (including phenoxy) is 1. The third-order valence-corrected chi connectivity index (χ3v) is 6.07. The van der Waals surface area contributed by atoms with Gasteiger partial charge in [0.1, 0.15) is 19.7 Å². The van der Waals surface area contributed by atoms with E-state index in [0.717, 1.165) is 33.3 Å². The number of likely N-dealkylation sites (N-methyl/N-ethyl adjacent to an activating group) is 1. The SMILES string of the molecule is Bc1ccc2c(c1)C1(CC(c3ccccc3)O2)N=C(SCC)N(CC)C1=O. The lowest BCUT2D eigenvalue weighted by molar-refractivity contribution is -0.133. The highest BCUT2D eigenvalue weighted by Gasteiger charge is 2.54. The van der Waals surface area contributed by atoms with Gasteiger partial charge in [0.25, 0.3) is 5.91 Å². The first kappa shape index (κ1) is 18.2. The molecular formula is C21H23BN2O2S. The Morgan fingerprint density at radius 3 is 2.74 bits per heavy atom. The zero-order chi connectivity index (χ0) is 19.0. The number of nitrogens with zero attached hydrogens (tertiary/aromatic N) is 2. The van der Waals surface area contributed by atoms with Gasteiger partial charge in [-0.05, 0) is 24.3 Å². The van der Waals surface area contributed by atoms with Gasteiger partial charge in [0.15, 0.2) is 10.7 Å². The number of rotatable bonds is 3. The van der Waals surface area contributed by atoms with E-state index in [1.165, 1.54) is 0 Å². The summed E-state index contributed by atoms with van der Waals surface area (Å²) in [6.07, 6.45) is 0.329. The normalized spacial score (nSPS) is 23.9. The fourth-order valence-electron chi connectivity index (χ4n) is 3.90. The standard InChI is InChI=1S/C21H23BN2O2S/c1-3-24-19(25)21(23-20(24)27-4-2)13-18(14-8-6-5-7-9-14)26-17-11-10-15(22)12-16(17)21/h5-12,18H,3-4,13,22H2,1-2H3. The highest BCUT2D eigenvalue weighted by molar-refractivity contribution is 8.13. The molecule has 0 aliphatic carbocycles. The van der Waals surface area contributed by atoms with Crippen molar-refractivity contribution in [3.63, 3.8) is 0 Å². The molecule has 2 unspecified atom stereocenters. The van der Waals surface area contributed by atoms with Gasteiger partial charge >= 0.3 is 0 Å². The molecule has 0 radical (unpaired) electrons. The molecule has 2 aromatic rings. The number of amidine groups is 1. The minimum atomic E-state index is -0.895.